The van der Waals surface area contributed by atoms with Gasteiger partial charge in [0, 0.05) is 5.41 Å². The maximum atomic E-state index is 11.5. The highest BCUT2D eigenvalue weighted by atomic mass is 16.4. The molecule has 1 heterocycles. The molecule has 92 valence electrons. The smallest absolute Gasteiger partial charge is 0.0521 e. The first-order valence-electron chi connectivity index (χ1n) is 6.18. The summed E-state index contributed by atoms with van der Waals surface area (Å²) in [4.78, 5) is 13.8. The Bertz CT molecular complexity index is 380. The molecule has 3 heteroatoms. The molecular weight excluding hydrogens is 214 g/mol. The largest absolute Gasteiger partial charge is 0.549 e. The Hall–Kier alpha value is -1.35. The molecule has 0 unspecified atom stereocenters. The molecule has 1 aliphatic rings. The summed E-state index contributed by atoms with van der Waals surface area (Å²) in [5, 5.41) is 11.5. The van der Waals surface area contributed by atoms with E-state index in [-0.39, 0.29) is 0 Å². The number of nitrogens with zero attached hydrogens (tertiary/aromatic N) is 1. The maximum Gasteiger partial charge on any atom is 0.0521 e. The molecule has 0 spiro atoms. The second-order valence-electron chi connectivity index (χ2n) is 4.67. The van der Waals surface area contributed by atoms with Crippen LogP contribution in [0.2, 0.25) is 0 Å². The van der Waals surface area contributed by atoms with Gasteiger partial charge >= 0.3 is 0 Å². The van der Waals surface area contributed by atoms with Crippen LogP contribution in [0.15, 0.2) is 30.3 Å². The van der Waals surface area contributed by atoms with E-state index in [1.807, 2.05) is 30.3 Å². The van der Waals surface area contributed by atoms with Gasteiger partial charge in [0.05, 0.1) is 5.97 Å². The van der Waals surface area contributed by atoms with Crippen molar-refractivity contribution >= 4 is 5.97 Å². The van der Waals surface area contributed by atoms with E-state index in [9.17, 15) is 9.90 Å². The lowest BCUT2D eigenvalue weighted by atomic mass is 9.73. The van der Waals surface area contributed by atoms with Gasteiger partial charge in [-0.25, -0.2) is 0 Å². The van der Waals surface area contributed by atoms with E-state index in [1.54, 1.807) is 0 Å². The van der Waals surface area contributed by atoms with Crippen LogP contribution in [0.25, 0.3) is 0 Å². The van der Waals surface area contributed by atoms with Crippen LogP contribution in [-0.2, 0) is 10.2 Å². The van der Waals surface area contributed by atoms with Gasteiger partial charge in [0.2, 0.25) is 0 Å². The number of aliphatic carboxylic acids is 1. The van der Waals surface area contributed by atoms with Crippen LogP contribution in [0.1, 0.15) is 25.3 Å². The van der Waals surface area contributed by atoms with Gasteiger partial charge in [-0.1, -0.05) is 37.3 Å². The van der Waals surface area contributed by atoms with Gasteiger partial charge in [-0.2, -0.15) is 0 Å². The van der Waals surface area contributed by atoms with Crippen molar-refractivity contribution in [2.24, 2.45) is 0 Å². The van der Waals surface area contributed by atoms with Gasteiger partial charge < -0.3 is 14.8 Å². The molecule has 1 aromatic rings. The van der Waals surface area contributed by atoms with E-state index in [0.29, 0.717) is 12.8 Å². The summed E-state index contributed by atoms with van der Waals surface area (Å²) in [6.07, 6.45) is 1.29. The fourth-order valence-corrected chi connectivity index (χ4v) is 2.62. The highest BCUT2D eigenvalue weighted by molar-refractivity contribution is 5.79. The zero-order valence-electron chi connectivity index (χ0n) is 10.2. The normalized spacial score (nSPS) is 20.1. The number of carboxylic acid groups (broad SMARTS) is 1. The molecule has 3 nitrogen and oxygen atoms in total. The third-order valence-electron chi connectivity index (χ3n) is 3.87. The Morgan fingerprint density at radius 2 is 1.88 bits per heavy atom. The number of carbonyl (C=O) groups excluding carboxylic acids is 1. The van der Waals surface area contributed by atoms with Gasteiger partial charge in [0.25, 0.3) is 0 Å². The zero-order valence-corrected chi connectivity index (χ0v) is 10.2. The summed E-state index contributed by atoms with van der Waals surface area (Å²) < 4.78 is 0. The number of likely N-dealkylation sites (tertiary alicyclic amines) is 1. The first-order valence-corrected chi connectivity index (χ1v) is 6.18. The zero-order chi connectivity index (χ0) is 12.3. The lowest BCUT2D eigenvalue weighted by Gasteiger charge is -2.42. The number of benzene rings is 1. The van der Waals surface area contributed by atoms with E-state index in [0.717, 1.165) is 25.2 Å². The van der Waals surface area contributed by atoms with Crippen LogP contribution in [0, 0.1) is 0 Å². The second-order valence-corrected chi connectivity index (χ2v) is 4.67. The van der Waals surface area contributed by atoms with Gasteiger partial charge in [-0.15, -0.1) is 0 Å². The van der Waals surface area contributed by atoms with Crippen molar-refractivity contribution in [1.82, 2.24) is 4.90 Å². The molecule has 17 heavy (non-hydrogen) atoms. The van der Waals surface area contributed by atoms with Crippen LogP contribution in [0.4, 0.5) is 0 Å². The van der Waals surface area contributed by atoms with Crippen molar-refractivity contribution < 1.29 is 9.90 Å². The topological polar surface area (TPSA) is 43.4 Å². The lowest BCUT2D eigenvalue weighted by Crippen LogP contribution is -2.52. The van der Waals surface area contributed by atoms with E-state index >= 15 is 0 Å². The third-order valence-corrected chi connectivity index (χ3v) is 3.87. The molecule has 0 radical (unpaired) electrons. The molecule has 0 aliphatic carbocycles. The number of hydrogen-bond donors (Lipinski definition) is 0. The maximum absolute atomic E-state index is 11.5. The standard InChI is InChI=1S/C14H19NO2/c1-2-15-10-8-14(9-11-15,13(16)17)12-6-4-3-5-7-12/h3-7H,2,8-11H2,1H3,(H,16,17)/p-1. The molecular formula is C14H18NO2-. The molecule has 2 rings (SSSR count). The quantitative estimate of drug-likeness (QED) is 0.774. The van der Waals surface area contributed by atoms with Crippen molar-refractivity contribution in [3.63, 3.8) is 0 Å². The monoisotopic (exact) mass is 232 g/mol. The highest BCUT2D eigenvalue weighted by Crippen LogP contribution is 2.34. The number of carbonyl (C=O) groups is 1. The minimum Gasteiger partial charge on any atom is -0.549 e. The molecule has 0 saturated carbocycles. The number of carboxylic acids is 1. The Morgan fingerprint density at radius 1 is 1.29 bits per heavy atom. The molecule has 0 atom stereocenters. The number of hydrogen-bond acceptors (Lipinski definition) is 3. The Kier molecular flexibility index (Phi) is 3.48. The van der Waals surface area contributed by atoms with Gasteiger partial charge in [-0.05, 0) is 38.0 Å². The fraction of sp³-hybridized carbons (Fsp3) is 0.500. The van der Waals surface area contributed by atoms with Crippen LogP contribution in [0.3, 0.4) is 0 Å². The predicted molar refractivity (Wildman–Crippen MR) is 64.5 cm³/mol. The second kappa shape index (κ2) is 4.88. The number of rotatable bonds is 3. The molecule has 0 N–H and O–H groups in total. The molecule has 0 amide bonds. The Balaban J connectivity index is 2.27. The number of piperidine rings is 1. The minimum absolute atomic E-state index is 0.646. The lowest BCUT2D eigenvalue weighted by molar-refractivity contribution is -0.315. The first-order chi connectivity index (χ1) is 8.19. The molecule has 1 aliphatic heterocycles. The van der Waals surface area contributed by atoms with Crippen LogP contribution >= 0.6 is 0 Å². The van der Waals surface area contributed by atoms with Crippen LogP contribution in [-0.4, -0.2) is 30.5 Å². The van der Waals surface area contributed by atoms with E-state index < -0.39 is 11.4 Å². The summed E-state index contributed by atoms with van der Waals surface area (Å²) >= 11 is 0. The van der Waals surface area contributed by atoms with E-state index in [4.69, 9.17) is 0 Å². The summed E-state index contributed by atoms with van der Waals surface area (Å²) in [7, 11) is 0. The van der Waals surface area contributed by atoms with Gasteiger partial charge in [-0.3, -0.25) is 0 Å². The van der Waals surface area contributed by atoms with Crippen LogP contribution in [0.5, 0.6) is 0 Å². The van der Waals surface area contributed by atoms with Crippen molar-refractivity contribution in [1.29, 1.82) is 0 Å². The molecule has 1 saturated heterocycles. The van der Waals surface area contributed by atoms with Crippen molar-refractivity contribution in [3.05, 3.63) is 35.9 Å². The summed E-state index contributed by atoms with van der Waals surface area (Å²) in [6.45, 7) is 4.76. The van der Waals surface area contributed by atoms with Crippen molar-refractivity contribution in [2.45, 2.75) is 25.2 Å². The molecule has 0 bridgehead atoms. The van der Waals surface area contributed by atoms with Crippen LogP contribution < -0.4 is 5.11 Å². The average molecular weight is 232 g/mol. The summed E-state index contributed by atoms with van der Waals surface area (Å²) in [6, 6.07) is 9.50. The first kappa shape index (κ1) is 12.1. The predicted octanol–water partition coefficient (Wildman–Crippen LogP) is 0.790. The Labute approximate surface area is 102 Å². The van der Waals surface area contributed by atoms with Gasteiger partial charge in [0.1, 0.15) is 0 Å². The summed E-state index contributed by atoms with van der Waals surface area (Å²) in [5.41, 5.74) is 0.100. The van der Waals surface area contributed by atoms with Crippen molar-refractivity contribution in [2.75, 3.05) is 19.6 Å². The van der Waals surface area contributed by atoms with Gasteiger partial charge in [0.15, 0.2) is 0 Å². The molecule has 1 aromatic carbocycles. The molecule has 0 aromatic heterocycles. The fourth-order valence-electron chi connectivity index (χ4n) is 2.62. The van der Waals surface area contributed by atoms with E-state index in [2.05, 4.69) is 11.8 Å². The average Bonchev–Trinajstić information content (AvgIpc) is 2.39. The minimum atomic E-state index is -0.931. The third kappa shape index (κ3) is 2.20. The Morgan fingerprint density at radius 3 is 2.35 bits per heavy atom. The van der Waals surface area contributed by atoms with Crippen molar-refractivity contribution in [3.8, 4) is 0 Å². The SMILES string of the molecule is CCN1CCC(C(=O)[O-])(c2ccccc2)CC1. The van der Waals surface area contributed by atoms with E-state index in [1.165, 1.54) is 0 Å². The summed E-state index contributed by atoms with van der Waals surface area (Å²) in [5.74, 6) is -0.931. The highest BCUT2D eigenvalue weighted by Gasteiger charge is 2.37. The molecule has 1 fully saturated rings.